The number of rotatable bonds is 3. The van der Waals surface area contributed by atoms with E-state index >= 15 is 0 Å². The number of aromatic nitrogens is 1. The van der Waals surface area contributed by atoms with Gasteiger partial charge in [0.05, 0.1) is 11.4 Å². The van der Waals surface area contributed by atoms with Crippen molar-refractivity contribution in [2.24, 2.45) is 0 Å². The van der Waals surface area contributed by atoms with E-state index in [1.165, 1.54) is 6.20 Å². The summed E-state index contributed by atoms with van der Waals surface area (Å²) in [4.78, 5) is 26.7. The van der Waals surface area contributed by atoms with E-state index in [2.05, 4.69) is 10.3 Å². The lowest BCUT2D eigenvalue weighted by molar-refractivity contribution is 0.0635. The van der Waals surface area contributed by atoms with Crippen LogP contribution in [0.5, 0.6) is 0 Å². The fourth-order valence-electron chi connectivity index (χ4n) is 1.53. The zero-order valence-electron chi connectivity index (χ0n) is 14.0. The van der Waals surface area contributed by atoms with Gasteiger partial charge in [-0.15, -0.1) is 0 Å². The fraction of sp³-hybridized carbons (Fsp3) is 0.562. The molecule has 0 unspecified atom stereocenters. The minimum atomic E-state index is -0.572. The molecular formula is C16H26N2O3. The van der Waals surface area contributed by atoms with Crippen LogP contribution in [0, 0.1) is 0 Å². The lowest BCUT2D eigenvalue weighted by Gasteiger charge is -2.20. The van der Waals surface area contributed by atoms with Crippen molar-refractivity contribution in [3.63, 3.8) is 0 Å². The Bertz CT molecular complexity index is 477. The lowest BCUT2D eigenvalue weighted by Crippen LogP contribution is -2.27. The summed E-state index contributed by atoms with van der Waals surface area (Å²) in [5.74, 6) is 0.130. The minimum Gasteiger partial charge on any atom is -0.444 e. The van der Waals surface area contributed by atoms with Crippen molar-refractivity contribution in [1.29, 1.82) is 0 Å². The number of carbonyl (C=O) groups is 2. The Morgan fingerprint density at radius 3 is 2.33 bits per heavy atom. The molecule has 0 aliphatic rings. The number of hydrogen-bond acceptors (Lipinski definition) is 4. The standard InChI is InChI=1S/C14H20N2O3.C2H6/c1-9(2)12-11(6-10(8-17)7-15-12)16-13(18)19-14(3,4)5;1-2/h6-9H,1-5H3,(H,16,18);1-2H3. The Hall–Kier alpha value is -1.91. The van der Waals surface area contributed by atoms with Crippen molar-refractivity contribution >= 4 is 18.1 Å². The normalized spacial score (nSPS) is 10.5. The monoisotopic (exact) mass is 294 g/mol. The zero-order chi connectivity index (χ0) is 16.6. The van der Waals surface area contributed by atoms with E-state index < -0.39 is 11.7 Å². The van der Waals surface area contributed by atoms with E-state index in [0.29, 0.717) is 17.5 Å². The predicted octanol–water partition coefficient (Wildman–Crippen LogP) is 4.39. The van der Waals surface area contributed by atoms with Crippen LogP contribution in [0.15, 0.2) is 12.3 Å². The summed E-state index contributed by atoms with van der Waals surface area (Å²) in [5.41, 5.74) is 1.07. The Morgan fingerprint density at radius 2 is 1.90 bits per heavy atom. The highest BCUT2D eigenvalue weighted by Crippen LogP contribution is 2.23. The van der Waals surface area contributed by atoms with Crippen LogP contribution in [0.4, 0.5) is 10.5 Å². The topological polar surface area (TPSA) is 68.3 Å². The summed E-state index contributed by atoms with van der Waals surface area (Å²) in [7, 11) is 0. The molecule has 0 bridgehead atoms. The van der Waals surface area contributed by atoms with Gasteiger partial charge in [-0.25, -0.2) is 4.79 Å². The van der Waals surface area contributed by atoms with E-state index in [4.69, 9.17) is 4.74 Å². The largest absolute Gasteiger partial charge is 0.444 e. The van der Waals surface area contributed by atoms with Crippen molar-refractivity contribution in [2.45, 2.75) is 60.0 Å². The molecule has 1 rings (SSSR count). The minimum absolute atomic E-state index is 0.130. The second-order valence-electron chi connectivity index (χ2n) is 5.60. The molecule has 1 aromatic heterocycles. The van der Waals surface area contributed by atoms with Gasteiger partial charge < -0.3 is 4.74 Å². The number of pyridine rings is 1. The van der Waals surface area contributed by atoms with Crippen molar-refractivity contribution < 1.29 is 14.3 Å². The van der Waals surface area contributed by atoms with Gasteiger partial charge in [0, 0.05) is 11.8 Å². The Kier molecular flexibility index (Phi) is 7.63. The first-order chi connectivity index (χ1) is 9.73. The number of aldehydes is 1. The molecule has 5 nitrogen and oxygen atoms in total. The highest BCUT2D eigenvalue weighted by atomic mass is 16.6. The van der Waals surface area contributed by atoms with Gasteiger partial charge in [-0.1, -0.05) is 27.7 Å². The molecular weight excluding hydrogens is 268 g/mol. The molecule has 1 aromatic rings. The van der Waals surface area contributed by atoms with Crippen LogP contribution in [0.2, 0.25) is 0 Å². The molecule has 0 spiro atoms. The number of nitrogens with zero attached hydrogens (tertiary/aromatic N) is 1. The van der Waals surface area contributed by atoms with Gasteiger partial charge in [0.25, 0.3) is 0 Å². The van der Waals surface area contributed by atoms with Crippen molar-refractivity contribution in [1.82, 2.24) is 4.98 Å². The van der Waals surface area contributed by atoms with E-state index in [9.17, 15) is 9.59 Å². The van der Waals surface area contributed by atoms with Gasteiger partial charge in [0.1, 0.15) is 5.60 Å². The molecule has 0 aliphatic heterocycles. The average molecular weight is 294 g/mol. The van der Waals surface area contributed by atoms with Gasteiger partial charge in [0.2, 0.25) is 0 Å². The fourth-order valence-corrected chi connectivity index (χ4v) is 1.53. The molecule has 1 N–H and O–H groups in total. The second kappa shape index (κ2) is 8.39. The number of carbonyl (C=O) groups excluding carboxylic acids is 2. The summed E-state index contributed by atoms with van der Waals surface area (Å²) >= 11 is 0. The molecule has 0 atom stereocenters. The third-order valence-corrected chi connectivity index (χ3v) is 2.26. The molecule has 5 heteroatoms. The van der Waals surface area contributed by atoms with Crippen LogP contribution in [0.1, 0.15) is 70.4 Å². The van der Waals surface area contributed by atoms with Gasteiger partial charge in [-0.2, -0.15) is 0 Å². The Balaban J connectivity index is 0.00000191. The van der Waals surface area contributed by atoms with Crippen molar-refractivity contribution in [3.05, 3.63) is 23.5 Å². The first-order valence-electron chi connectivity index (χ1n) is 7.18. The van der Waals surface area contributed by atoms with Crippen LogP contribution in [-0.4, -0.2) is 23.0 Å². The number of amides is 1. The molecule has 0 saturated carbocycles. The highest BCUT2D eigenvalue weighted by molar-refractivity contribution is 5.87. The number of nitrogens with one attached hydrogen (secondary N) is 1. The average Bonchev–Trinajstić information content (AvgIpc) is 2.38. The van der Waals surface area contributed by atoms with Crippen molar-refractivity contribution in [3.8, 4) is 0 Å². The van der Waals surface area contributed by atoms with Crippen molar-refractivity contribution in [2.75, 3.05) is 5.32 Å². The van der Waals surface area contributed by atoms with Gasteiger partial charge in [-0.05, 0) is 32.8 Å². The number of hydrogen-bond donors (Lipinski definition) is 1. The van der Waals surface area contributed by atoms with E-state index in [-0.39, 0.29) is 5.92 Å². The van der Waals surface area contributed by atoms with E-state index in [1.807, 2.05) is 27.7 Å². The maximum Gasteiger partial charge on any atom is 0.412 e. The Morgan fingerprint density at radius 1 is 1.33 bits per heavy atom. The summed E-state index contributed by atoms with van der Waals surface area (Å²) in [6.45, 7) is 13.3. The van der Waals surface area contributed by atoms with Gasteiger partial charge >= 0.3 is 6.09 Å². The molecule has 118 valence electrons. The zero-order valence-corrected chi connectivity index (χ0v) is 14.0. The van der Waals surface area contributed by atoms with Gasteiger partial charge in [0.15, 0.2) is 6.29 Å². The predicted molar refractivity (Wildman–Crippen MR) is 84.9 cm³/mol. The van der Waals surface area contributed by atoms with Crippen LogP contribution in [0.25, 0.3) is 0 Å². The third-order valence-electron chi connectivity index (χ3n) is 2.26. The SMILES string of the molecule is CC.CC(C)c1ncc(C=O)cc1NC(=O)OC(C)(C)C. The van der Waals surface area contributed by atoms with E-state index in [1.54, 1.807) is 26.8 Å². The van der Waals surface area contributed by atoms with Crippen LogP contribution >= 0.6 is 0 Å². The summed E-state index contributed by atoms with van der Waals surface area (Å²) in [6, 6.07) is 1.60. The number of ether oxygens (including phenoxy) is 1. The number of anilines is 1. The second-order valence-corrected chi connectivity index (χ2v) is 5.60. The first-order valence-corrected chi connectivity index (χ1v) is 7.18. The quantitative estimate of drug-likeness (QED) is 0.839. The summed E-state index contributed by atoms with van der Waals surface area (Å²) in [5, 5.41) is 2.64. The van der Waals surface area contributed by atoms with Crippen LogP contribution in [-0.2, 0) is 4.74 Å². The van der Waals surface area contributed by atoms with E-state index in [0.717, 1.165) is 5.69 Å². The molecule has 0 radical (unpaired) electrons. The molecule has 0 aromatic carbocycles. The smallest absolute Gasteiger partial charge is 0.412 e. The van der Waals surface area contributed by atoms with Gasteiger partial charge in [-0.3, -0.25) is 15.1 Å². The maximum atomic E-state index is 11.8. The third kappa shape index (κ3) is 6.88. The summed E-state index contributed by atoms with van der Waals surface area (Å²) < 4.78 is 5.18. The molecule has 1 heterocycles. The Labute approximate surface area is 127 Å². The molecule has 21 heavy (non-hydrogen) atoms. The lowest BCUT2D eigenvalue weighted by atomic mass is 10.1. The highest BCUT2D eigenvalue weighted by Gasteiger charge is 2.18. The molecule has 1 amide bonds. The maximum absolute atomic E-state index is 11.8. The van der Waals surface area contributed by atoms with Crippen LogP contribution < -0.4 is 5.32 Å². The molecule has 0 fully saturated rings. The first kappa shape index (κ1) is 19.1. The van der Waals surface area contributed by atoms with Crippen LogP contribution in [0.3, 0.4) is 0 Å². The molecule has 0 saturated heterocycles. The molecule has 0 aliphatic carbocycles. The summed E-state index contributed by atoms with van der Waals surface area (Å²) in [6.07, 6.45) is 1.62.